The van der Waals surface area contributed by atoms with E-state index in [1.165, 1.54) is 11.3 Å². The van der Waals surface area contributed by atoms with Gasteiger partial charge in [0.2, 0.25) is 5.91 Å². The monoisotopic (exact) mass is 300 g/mol. The molecule has 0 fully saturated rings. The van der Waals surface area contributed by atoms with E-state index >= 15 is 0 Å². The van der Waals surface area contributed by atoms with E-state index in [4.69, 9.17) is 23.2 Å². The summed E-state index contributed by atoms with van der Waals surface area (Å²) in [7, 11) is 0. The molecule has 6 heteroatoms. The second kappa shape index (κ2) is 5.69. The molecule has 94 valence electrons. The van der Waals surface area contributed by atoms with Gasteiger partial charge < -0.3 is 5.32 Å². The van der Waals surface area contributed by atoms with Crippen molar-refractivity contribution in [2.45, 2.75) is 13.3 Å². The number of carbonyl (C=O) groups excluding carboxylic acids is 1. The van der Waals surface area contributed by atoms with Crippen molar-refractivity contribution in [2.75, 3.05) is 5.32 Å². The molecule has 18 heavy (non-hydrogen) atoms. The van der Waals surface area contributed by atoms with Gasteiger partial charge in [0.1, 0.15) is 0 Å². The maximum absolute atomic E-state index is 11.2. The standard InChI is InChI=1S/C12H10Cl2N2OS/c1-2-11(17)16-12-15-10(6-18-12)7-3-4-8(13)9(14)5-7/h3-6H,2H2,1H3,(H,15,16,17). The van der Waals surface area contributed by atoms with E-state index in [0.717, 1.165) is 11.3 Å². The molecule has 3 nitrogen and oxygen atoms in total. The number of anilines is 1. The second-order valence-electron chi connectivity index (χ2n) is 3.57. The summed E-state index contributed by atoms with van der Waals surface area (Å²) >= 11 is 13.2. The topological polar surface area (TPSA) is 42.0 Å². The van der Waals surface area contributed by atoms with Crippen molar-refractivity contribution in [3.05, 3.63) is 33.6 Å². The maximum Gasteiger partial charge on any atom is 0.225 e. The summed E-state index contributed by atoms with van der Waals surface area (Å²) in [5.41, 5.74) is 1.64. The van der Waals surface area contributed by atoms with Crippen molar-refractivity contribution in [1.82, 2.24) is 4.98 Å². The average molecular weight is 301 g/mol. The van der Waals surface area contributed by atoms with Crippen LogP contribution in [0.2, 0.25) is 10.0 Å². The van der Waals surface area contributed by atoms with Crippen LogP contribution in [-0.2, 0) is 4.79 Å². The van der Waals surface area contributed by atoms with Gasteiger partial charge in [0.15, 0.2) is 5.13 Å². The fourth-order valence-electron chi connectivity index (χ4n) is 1.33. The Balaban J connectivity index is 2.23. The Bertz CT molecular complexity index is 583. The Hall–Kier alpha value is -1.10. The van der Waals surface area contributed by atoms with Crippen LogP contribution >= 0.6 is 34.5 Å². The molecule has 1 aromatic carbocycles. The minimum atomic E-state index is -0.0509. The van der Waals surface area contributed by atoms with E-state index in [1.807, 2.05) is 11.4 Å². The molecule has 1 aromatic heterocycles. The maximum atomic E-state index is 11.2. The van der Waals surface area contributed by atoms with Crippen LogP contribution < -0.4 is 5.32 Å². The predicted octanol–water partition coefficient (Wildman–Crippen LogP) is 4.47. The highest BCUT2D eigenvalue weighted by molar-refractivity contribution is 7.14. The van der Waals surface area contributed by atoms with Crippen LogP contribution in [0.1, 0.15) is 13.3 Å². The number of halogens is 2. The fourth-order valence-corrected chi connectivity index (χ4v) is 2.36. The van der Waals surface area contributed by atoms with Crippen LogP contribution in [-0.4, -0.2) is 10.9 Å². The van der Waals surface area contributed by atoms with Crippen LogP contribution in [0, 0.1) is 0 Å². The van der Waals surface area contributed by atoms with Gasteiger partial charge in [0.05, 0.1) is 15.7 Å². The molecule has 0 aliphatic rings. The minimum absolute atomic E-state index is 0.0509. The van der Waals surface area contributed by atoms with Gasteiger partial charge in [0, 0.05) is 17.4 Å². The van der Waals surface area contributed by atoms with Crippen molar-refractivity contribution in [1.29, 1.82) is 0 Å². The first-order chi connectivity index (χ1) is 8.60. The highest BCUT2D eigenvalue weighted by Gasteiger charge is 2.08. The first-order valence-corrected chi connectivity index (χ1v) is 6.94. The molecule has 0 aliphatic carbocycles. The van der Waals surface area contributed by atoms with Crippen molar-refractivity contribution in [3.63, 3.8) is 0 Å². The Kier molecular flexibility index (Phi) is 4.22. The second-order valence-corrected chi connectivity index (χ2v) is 5.24. The number of benzene rings is 1. The Morgan fingerprint density at radius 2 is 2.17 bits per heavy atom. The number of nitrogens with zero attached hydrogens (tertiary/aromatic N) is 1. The van der Waals surface area contributed by atoms with Crippen molar-refractivity contribution >= 4 is 45.6 Å². The molecule has 0 saturated heterocycles. The Morgan fingerprint density at radius 1 is 1.39 bits per heavy atom. The molecule has 1 heterocycles. The zero-order valence-electron chi connectivity index (χ0n) is 9.54. The number of rotatable bonds is 3. The lowest BCUT2D eigenvalue weighted by molar-refractivity contribution is -0.115. The van der Waals surface area contributed by atoms with Gasteiger partial charge in [0.25, 0.3) is 0 Å². The molecule has 1 amide bonds. The molecule has 1 N–H and O–H groups in total. The van der Waals surface area contributed by atoms with Gasteiger partial charge in [-0.1, -0.05) is 36.2 Å². The third-order valence-corrected chi connectivity index (χ3v) is 3.78. The van der Waals surface area contributed by atoms with Crippen LogP contribution in [0.4, 0.5) is 5.13 Å². The van der Waals surface area contributed by atoms with Crippen molar-refractivity contribution in [3.8, 4) is 11.3 Å². The van der Waals surface area contributed by atoms with Gasteiger partial charge in [-0.05, 0) is 12.1 Å². The highest BCUT2D eigenvalue weighted by Crippen LogP contribution is 2.30. The van der Waals surface area contributed by atoms with E-state index in [-0.39, 0.29) is 5.91 Å². The first kappa shape index (κ1) is 13.3. The largest absolute Gasteiger partial charge is 0.302 e. The number of carbonyl (C=O) groups is 1. The third-order valence-electron chi connectivity index (χ3n) is 2.29. The Labute approximate surface area is 119 Å². The zero-order valence-corrected chi connectivity index (χ0v) is 11.9. The molecule has 0 aliphatic heterocycles. The summed E-state index contributed by atoms with van der Waals surface area (Å²) in [6.45, 7) is 1.79. The predicted molar refractivity (Wildman–Crippen MR) is 76.5 cm³/mol. The summed E-state index contributed by atoms with van der Waals surface area (Å²) in [4.78, 5) is 15.6. The van der Waals surface area contributed by atoms with Gasteiger partial charge in [-0.3, -0.25) is 4.79 Å². The van der Waals surface area contributed by atoms with Gasteiger partial charge >= 0.3 is 0 Å². The first-order valence-electron chi connectivity index (χ1n) is 5.31. The lowest BCUT2D eigenvalue weighted by atomic mass is 10.2. The van der Waals surface area contributed by atoms with Crippen LogP contribution in [0.15, 0.2) is 23.6 Å². The number of thiazole rings is 1. The lowest BCUT2D eigenvalue weighted by Gasteiger charge is -2.00. The van der Waals surface area contributed by atoms with Crippen LogP contribution in [0.5, 0.6) is 0 Å². The smallest absolute Gasteiger partial charge is 0.225 e. The van der Waals surface area contributed by atoms with E-state index in [2.05, 4.69) is 10.3 Å². The molecule has 2 rings (SSSR count). The summed E-state index contributed by atoms with van der Waals surface area (Å²) in [5, 5.41) is 6.17. The molecule has 0 bridgehead atoms. The molecule has 0 unspecified atom stereocenters. The zero-order chi connectivity index (χ0) is 13.1. The van der Waals surface area contributed by atoms with E-state index in [9.17, 15) is 4.79 Å². The van der Waals surface area contributed by atoms with E-state index in [1.54, 1.807) is 19.1 Å². The third kappa shape index (κ3) is 3.02. The summed E-state index contributed by atoms with van der Waals surface area (Å²) in [6, 6.07) is 5.32. The minimum Gasteiger partial charge on any atom is -0.302 e. The lowest BCUT2D eigenvalue weighted by Crippen LogP contribution is -2.08. The van der Waals surface area contributed by atoms with Crippen molar-refractivity contribution in [2.24, 2.45) is 0 Å². The summed E-state index contributed by atoms with van der Waals surface area (Å²) in [6.07, 6.45) is 0.432. The van der Waals surface area contributed by atoms with E-state index in [0.29, 0.717) is 21.6 Å². The van der Waals surface area contributed by atoms with Gasteiger partial charge in [-0.25, -0.2) is 4.98 Å². The fraction of sp³-hybridized carbons (Fsp3) is 0.167. The number of amides is 1. The van der Waals surface area contributed by atoms with Gasteiger partial charge in [-0.15, -0.1) is 11.3 Å². The Morgan fingerprint density at radius 3 is 2.83 bits per heavy atom. The number of nitrogens with one attached hydrogen (secondary N) is 1. The molecule has 0 saturated carbocycles. The normalized spacial score (nSPS) is 10.4. The van der Waals surface area contributed by atoms with Crippen molar-refractivity contribution < 1.29 is 4.79 Å². The molecule has 0 atom stereocenters. The van der Waals surface area contributed by atoms with Gasteiger partial charge in [-0.2, -0.15) is 0 Å². The molecular weight excluding hydrogens is 291 g/mol. The summed E-state index contributed by atoms with van der Waals surface area (Å²) in [5.74, 6) is -0.0509. The average Bonchev–Trinajstić information content (AvgIpc) is 2.81. The molecule has 2 aromatic rings. The van der Waals surface area contributed by atoms with Crippen LogP contribution in [0.25, 0.3) is 11.3 Å². The molecule has 0 radical (unpaired) electrons. The molecular formula is C12H10Cl2N2OS. The SMILES string of the molecule is CCC(=O)Nc1nc(-c2ccc(Cl)c(Cl)c2)cs1. The number of aromatic nitrogens is 1. The number of hydrogen-bond acceptors (Lipinski definition) is 3. The quantitative estimate of drug-likeness (QED) is 0.909. The van der Waals surface area contributed by atoms with Crippen LogP contribution in [0.3, 0.4) is 0 Å². The summed E-state index contributed by atoms with van der Waals surface area (Å²) < 4.78 is 0. The van der Waals surface area contributed by atoms with E-state index < -0.39 is 0 Å². The highest BCUT2D eigenvalue weighted by atomic mass is 35.5. The number of hydrogen-bond donors (Lipinski definition) is 1. The molecule has 0 spiro atoms.